The highest BCUT2D eigenvalue weighted by molar-refractivity contribution is 7.12. The fourth-order valence-corrected chi connectivity index (χ4v) is 4.82. The normalized spacial score (nSPS) is 21.5. The summed E-state index contributed by atoms with van der Waals surface area (Å²) in [6.45, 7) is 2.26. The fraction of sp³-hybridized carbons (Fsp3) is 0.455. The van der Waals surface area contributed by atoms with Crippen LogP contribution in [-0.4, -0.2) is 59.4 Å². The molecular weight excluding hydrogens is 384 g/mol. The molecule has 1 aliphatic heterocycles. The first-order valence-electron chi connectivity index (χ1n) is 10.3. The largest absolute Gasteiger partial charge is 0.353 e. The van der Waals surface area contributed by atoms with Crippen LogP contribution in [0.5, 0.6) is 0 Å². The molecule has 1 aromatic heterocycles. The number of hydrogen-bond donors (Lipinski definition) is 2. The molecule has 1 aromatic carbocycles. The average molecular weight is 413 g/mol. The highest BCUT2D eigenvalue weighted by atomic mass is 32.1. The summed E-state index contributed by atoms with van der Waals surface area (Å²) in [5, 5.41) is 4.78. The molecule has 4 rings (SSSR count). The Balaban J connectivity index is 1.54. The molecule has 2 unspecified atom stereocenters. The molecule has 29 heavy (non-hydrogen) atoms. The van der Waals surface area contributed by atoms with Gasteiger partial charge < -0.3 is 16.0 Å². The van der Waals surface area contributed by atoms with Crippen molar-refractivity contribution in [3.05, 3.63) is 58.3 Å². The van der Waals surface area contributed by atoms with E-state index in [-0.39, 0.29) is 17.9 Å². The van der Waals surface area contributed by atoms with Crippen molar-refractivity contribution in [2.45, 2.75) is 43.9 Å². The molecule has 0 bridgehead atoms. The van der Waals surface area contributed by atoms with Gasteiger partial charge >= 0.3 is 0 Å². The molecule has 7 heteroatoms. The van der Waals surface area contributed by atoms with Gasteiger partial charge in [-0.2, -0.15) is 0 Å². The molecule has 2 amide bonds. The first-order valence-corrected chi connectivity index (χ1v) is 11.2. The Bertz CT molecular complexity index is 823. The highest BCUT2D eigenvalue weighted by Gasteiger charge is 2.45. The number of nitrogens with zero attached hydrogens (tertiary/aromatic N) is 2. The Morgan fingerprint density at radius 2 is 1.93 bits per heavy atom. The number of benzene rings is 1. The maximum atomic E-state index is 13.1. The van der Waals surface area contributed by atoms with Crippen molar-refractivity contribution in [3.8, 4) is 0 Å². The second kappa shape index (κ2) is 9.07. The molecule has 3 N–H and O–H groups in total. The lowest BCUT2D eigenvalue weighted by Crippen LogP contribution is -2.46. The summed E-state index contributed by atoms with van der Waals surface area (Å²) in [5.74, 6) is -0.149. The van der Waals surface area contributed by atoms with Gasteiger partial charge in [-0.1, -0.05) is 36.4 Å². The van der Waals surface area contributed by atoms with E-state index in [0.717, 1.165) is 6.54 Å². The van der Waals surface area contributed by atoms with E-state index in [9.17, 15) is 9.59 Å². The van der Waals surface area contributed by atoms with Gasteiger partial charge in [-0.3, -0.25) is 14.5 Å². The van der Waals surface area contributed by atoms with Crippen LogP contribution in [0.2, 0.25) is 0 Å². The van der Waals surface area contributed by atoms with Crippen LogP contribution < -0.4 is 11.1 Å². The quantitative estimate of drug-likeness (QED) is 0.696. The van der Waals surface area contributed by atoms with Crippen LogP contribution >= 0.6 is 11.3 Å². The van der Waals surface area contributed by atoms with E-state index in [0.29, 0.717) is 37.0 Å². The Morgan fingerprint density at radius 3 is 2.59 bits per heavy atom. The Labute approximate surface area is 175 Å². The predicted octanol–water partition coefficient (Wildman–Crippen LogP) is 2.07. The molecule has 2 aromatic rings. The molecule has 1 saturated carbocycles. The van der Waals surface area contributed by atoms with Crippen molar-refractivity contribution in [1.29, 1.82) is 0 Å². The third-order valence-electron chi connectivity index (χ3n) is 5.71. The molecule has 1 aliphatic carbocycles. The summed E-state index contributed by atoms with van der Waals surface area (Å²) >= 11 is 1.42. The standard InChI is InChI=1S/C22H28N4O2S/c23-10-11-24-21(27)19-13-18(15-26(19)22(28)20-7-4-12-29-20)25(17-8-9-17)14-16-5-2-1-3-6-16/h1-7,12,17-19H,8-11,13-15,23H2,(H,24,27). The number of hydrogen-bond acceptors (Lipinski definition) is 5. The van der Waals surface area contributed by atoms with Gasteiger partial charge in [0.1, 0.15) is 6.04 Å². The maximum absolute atomic E-state index is 13.1. The minimum absolute atomic E-state index is 0.0501. The van der Waals surface area contributed by atoms with Crippen molar-refractivity contribution < 1.29 is 9.59 Å². The lowest BCUT2D eigenvalue weighted by Gasteiger charge is -2.29. The van der Waals surface area contributed by atoms with Crippen LogP contribution in [0.15, 0.2) is 47.8 Å². The zero-order chi connectivity index (χ0) is 20.2. The van der Waals surface area contributed by atoms with Crippen LogP contribution in [0, 0.1) is 0 Å². The van der Waals surface area contributed by atoms with Crippen molar-refractivity contribution in [3.63, 3.8) is 0 Å². The predicted molar refractivity (Wildman–Crippen MR) is 115 cm³/mol. The van der Waals surface area contributed by atoms with Gasteiger partial charge in [0, 0.05) is 38.3 Å². The van der Waals surface area contributed by atoms with Gasteiger partial charge in [-0.15, -0.1) is 11.3 Å². The van der Waals surface area contributed by atoms with Gasteiger partial charge in [-0.25, -0.2) is 0 Å². The molecule has 0 spiro atoms. The molecule has 154 valence electrons. The third kappa shape index (κ3) is 4.69. The molecule has 2 atom stereocenters. The summed E-state index contributed by atoms with van der Waals surface area (Å²) in [6.07, 6.45) is 3.04. The van der Waals surface area contributed by atoms with Crippen LogP contribution in [0.3, 0.4) is 0 Å². The summed E-state index contributed by atoms with van der Waals surface area (Å²) in [6, 6.07) is 14.4. The monoisotopic (exact) mass is 412 g/mol. The number of nitrogens with one attached hydrogen (secondary N) is 1. The van der Waals surface area contributed by atoms with Crippen LogP contribution in [0.25, 0.3) is 0 Å². The number of carbonyl (C=O) groups is 2. The number of carbonyl (C=O) groups excluding carboxylic acids is 2. The van der Waals surface area contributed by atoms with E-state index in [2.05, 4.69) is 34.5 Å². The fourth-order valence-electron chi connectivity index (χ4n) is 4.14. The molecule has 2 fully saturated rings. The van der Waals surface area contributed by atoms with Gasteiger partial charge in [0.2, 0.25) is 5.91 Å². The van der Waals surface area contributed by atoms with Gasteiger partial charge in [-0.05, 0) is 36.3 Å². The lowest BCUT2D eigenvalue weighted by atomic mass is 10.1. The van der Waals surface area contributed by atoms with E-state index in [1.165, 1.54) is 29.7 Å². The molecule has 2 aliphatic rings. The highest BCUT2D eigenvalue weighted by Crippen LogP contribution is 2.35. The molecule has 1 saturated heterocycles. The molecule has 0 radical (unpaired) electrons. The molecular formula is C22H28N4O2S. The lowest BCUT2D eigenvalue weighted by molar-refractivity contribution is -0.124. The van der Waals surface area contributed by atoms with Crippen LogP contribution in [0.1, 0.15) is 34.5 Å². The summed E-state index contributed by atoms with van der Waals surface area (Å²) in [5.41, 5.74) is 6.82. The number of nitrogens with two attached hydrogens (primary N) is 1. The van der Waals surface area contributed by atoms with Gasteiger partial charge in [0.25, 0.3) is 5.91 Å². The minimum atomic E-state index is -0.446. The second-order valence-corrected chi connectivity index (χ2v) is 8.76. The van der Waals surface area contributed by atoms with E-state index in [1.54, 1.807) is 4.90 Å². The van der Waals surface area contributed by atoms with Gasteiger partial charge in [0.15, 0.2) is 0 Å². The number of likely N-dealkylation sites (tertiary alicyclic amines) is 1. The minimum Gasteiger partial charge on any atom is -0.353 e. The summed E-state index contributed by atoms with van der Waals surface area (Å²) < 4.78 is 0. The molecule has 6 nitrogen and oxygen atoms in total. The Morgan fingerprint density at radius 1 is 1.14 bits per heavy atom. The van der Waals surface area contributed by atoms with Crippen molar-refractivity contribution in [2.24, 2.45) is 5.73 Å². The zero-order valence-electron chi connectivity index (χ0n) is 16.5. The SMILES string of the molecule is NCCNC(=O)C1CC(N(Cc2ccccc2)C2CC2)CN1C(=O)c1cccs1. The van der Waals surface area contributed by atoms with Crippen molar-refractivity contribution in [2.75, 3.05) is 19.6 Å². The third-order valence-corrected chi connectivity index (χ3v) is 6.57. The number of amides is 2. The van der Waals surface area contributed by atoms with Crippen molar-refractivity contribution in [1.82, 2.24) is 15.1 Å². The van der Waals surface area contributed by atoms with E-state index in [1.807, 2.05) is 23.6 Å². The molecule has 2 heterocycles. The van der Waals surface area contributed by atoms with Crippen molar-refractivity contribution >= 4 is 23.2 Å². The van der Waals surface area contributed by atoms with E-state index < -0.39 is 6.04 Å². The average Bonchev–Trinajstić information content (AvgIpc) is 3.26. The van der Waals surface area contributed by atoms with E-state index >= 15 is 0 Å². The first-order chi connectivity index (χ1) is 14.2. The topological polar surface area (TPSA) is 78.7 Å². The Hall–Kier alpha value is -2.22. The zero-order valence-corrected chi connectivity index (χ0v) is 17.3. The Kier molecular flexibility index (Phi) is 6.28. The van der Waals surface area contributed by atoms with E-state index in [4.69, 9.17) is 5.73 Å². The maximum Gasteiger partial charge on any atom is 0.264 e. The summed E-state index contributed by atoms with van der Waals surface area (Å²) in [7, 11) is 0. The second-order valence-electron chi connectivity index (χ2n) is 7.81. The van der Waals surface area contributed by atoms with Gasteiger partial charge in [0.05, 0.1) is 4.88 Å². The number of thiophene rings is 1. The first kappa shape index (κ1) is 20.1. The number of rotatable bonds is 8. The van der Waals surface area contributed by atoms with Crippen LogP contribution in [0.4, 0.5) is 0 Å². The smallest absolute Gasteiger partial charge is 0.264 e. The summed E-state index contributed by atoms with van der Waals surface area (Å²) in [4.78, 5) is 30.9. The van der Waals surface area contributed by atoms with Crippen LogP contribution in [-0.2, 0) is 11.3 Å².